The Labute approximate surface area is 191 Å². The van der Waals surface area contributed by atoms with E-state index in [1.165, 1.54) is 28.0 Å². The van der Waals surface area contributed by atoms with Gasteiger partial charge in [0, 0.05) is 22.7 Å². The molecule has 1 amide bonds. The van der Waals surface area contributed by atoms with Crippen molar-refractivity contribution in [2.24, 2.45) is 0 Å². The summed E-state index contributed by atoms with van der Waals surface area (Å²) in [6.07, 6.45) is 5.34. The van der Waals surface area contributed by atoms with Gasteiger partial charge in [0.15, 0.2) is 0 Å². The molecule has 2 aromatic rings. The van der Waals surface area contributed by atoms with Gasteiger partial charge in [-0.15, -0.1) is 23.1 Å². The molecule has 1 aliphatic carbocycles. The monoisotopic (exact) mass is 457 g/mol. The van der Waals surface area contributed by atoms with E-state index in [0.717, 1.165) is 48.9 Å². The molecule has 0 spiro atoms. The zero-order chi connectivity index (χ0) is 22.4. The quantitative estimate of drug-likeness (QED) is 0.349. The van der Waals surface area contributed by atoms with Crippen molar-refractivity contribution >= 4 is 40.0 Å². The van der Waals surface area contributed by atoms with E-state index in [-0.39, 0.29) is 18.3 Å². The van der Waals surface area contributed by atoms with Crippen LogP contribution in [0.3, 0.4) is 0 Å². The number of nitriles is 1. The minimum atomic E-state index is -0.357. The third-order valence-electron chi connectivity index (χ3n) is 5.15. The van der Waals surface area contributed by atoms with Crippen LogP contribution in [0.25, 0.3) is 0 Å². The lowest BCUT2D eigenvalue weighted by Gasteiger charge is -2.09. The molecule has 0 aromatic carbocycles. The van der Waals surface area contributed by atoms with Crippen molar-refractivity contribution in [3.63, 3.8) is 0 Å². The number of aromatic nitrogens is 1. The smallest absolute Gasteiger partial charge is 0.341 e. The van der Waals surface area contributed by atoms with Crippen LogP contribution < -0.4 is 5.32 Å². The van der Waals surface area contributed by atoms with Crippen LogP contribution in [0.1, 0.15) is 70.2 Å². The van der Waals surface area contributed by atoms with Crippen LogP contribution in [0.4, 0.5) is 5.00 Å². The number of hydrogen-bond donors (Lipinski definition) is 1. The number of amides is 1. The number of carbonyl (C=O) groups is 2. The van der Waals surface area contributed by atoms with Crippen molar-refractivity contribution < 1.29 is 14.3 Å². The molecule has 6 nitrogen and oxygen atoms in total. The molecule has 3 rings (SSSR count). The molecule has 31 heavy (non-hydrogen) atoms. The average molecular weight is 458 g/mol. The van der Waals surface area contributed by atoms with Crippen molar-refractivity contribution in [2.45, 2.75) is 64.3 Å². The summed E-state index contributed by atoms with van der Waals surface area (Å²) in [7, 11) is 0. The number of rotatable bonds is 7. The van der Waals surface area contributed by atoms with E-state index >= 15 is 0 Å². The van der Waals surface area contributed by atoms with Crippen molar-refractivity contribution in [3.05, 3.63) is 38.9 Å². The van der Waals surface area contributed by atoms with Crippen LogP contribution in [0.15, 0.2) is 11.1 Å². The number of fused-ring (bicyclic) bond motifs is 1. The van der Waals surface area contributed by atoms with E-state index in [2.05, 4.69) is 16.4 Å². The maximum atomic E-state index is 12.6. The molecule has 0 aliphatic heterocycles. The lowest BCUT2D eigenvalue weighted by molar-refractivity contribution is -0.115. The fraction of sp³-hybridized carbons (Fsp3) is 0.478. The largest absolute Gasteiger partial charge is 0.462 e. The number of hydrogen-bond acceptors (Lipinski definition) is 7. The number of aryl methyl sites for hydroxylation is 3. The van der Waals surface area contributed by atoms with Gasteiger partial charge in [0.05, 0.1) is 17.7 Å². The summed E-state index contributed by atoms with van der Waals surface area (Å²) in [5.41, 5.74) is 3.88. The summed E-state index contributed by atoms with van der Waals surface area (Å²) >= 11 is 2.91. The van der Waals surface area contributed by atoms with E-state index in [9.17, 15) is 14.9 Å². The van der Waals surface area contributed by atoms with E-state index in [1.54, 1.807) is 6.92 Å². The second-order valence-corrected chi connectivity index (χ2v) is 9.70. The molecule has 164 valence electrons. The van der Waals surface area contributed by atoms with E-state index in [1.807, 2.05) is 19.9 Å². The molecule has 2 heterocycles. The molecule has 0 bridgehead atoms. The molecular weight excluding hydrogens is 430 g/mol. The second kappa shape index (κ2) is 10.8. The van der Waals surface area contributed by atoms with E-state index < -0.39 is 0 Å². The van der Waals surface area contributed by atoms with Crippen molar-refractivity contribution in [2.75, 3.05) is 17.7 Å². The molecule has 8 heteroatoms. The van der Waals surface area contributed by atoms with Crippen molar-refractivity contribution in [1.82, 2.24) is 4.98 Å². The fourth-order valence-electron chi connectivity index (χ4n) is 3.72. The number of ether oxygens (including phenoxy) is 1. The Morgan fingerprint density at radius 3 is 2.81 bits per heavy atom. The molecule has 0 atom stereocenters. The lowest BCUT2D eigenvalue weighted by Crippen LogP contribution is -2.15. The van der Waals surface area contributed by atoms with Gasteiger partial charge in [0.2, 0.25) is 5.91 Å². The van der Waals surface area contributed by atoms with Gasteiger partial charge < -0.3 is 10.1 Å². The zero-order valence-corrected chi connectivity index (χ0v) is 19.8. The third-order valence-corrected chi connectivity index (χ3v) is 7.33. The van der Waals surface area contributed by atoms with Gasteiger partial charge in [-0.1, -0.05) is 6.42 Å². The molecule has 2 aromatic heterocycles. The first-order chi connectivity index (χ1) is 14.9. The van der Waals surface area contributed by atoms with Crippen molar-refractivity contribution in [3.8, 4) is 6.07 Å². The summed E-state index contributed by atoms with van der Waals surface area (Å²) < 4.78 is 5.28. The zero-order valence-electron chi connectivity index (χ0n) is 18.2. The summed E-state index contributed by atoms with van der Waals surface area (Å²) in [6, 6.07) is 4.08. The lowest BCUT2D eigenvalue weighted by atomic mass is 10.1. The summed E-state index contributed by atoms with van der Waals surface area (Å²) in [5.74, 6) is -0.0158. The van der Waals surface area contributed by atoms with Gasteiger partial charge in [0.1, 0.15) is 16.1 Å². The highest BCUT2D eigenvalue weighted by atomic mass is 32.2. The molecular formula is C23H27N3O3S2. The van der Waals surface area contributed by atoms with Crippen LogP contribution in [0.2, 0.25) is 0 Å². The first-order valence-corrected chi connectivity index (χ1v) is 12.4. The Balaban J connectivity index is 1.70. The average Bonchev–Trinajstić information content (AvgIpc) is 2.88. The van der Waals surface area contributed by atoms with Crippen molar-refractivity contribution in [1.29, 1.82) is 5.26 Å². The Morgan fingerprint density at radius 2 is 2.06 bits per heavy atom. The van der Waals surface area contributed by atoms with Gasteiger partial charge in [0.25, 0.3) is 0 Å². The first kappa shape index (κ1) is 23.3. The van der Waals surface area contributed by atoms with Gasteiger partial charge in [-0.3, -0.25) is 4.79 Å². The maximum Gasteiger partial charge on any atom is 0.341 e. The number of thioether (sulfide) groups is 1. The van der Waals surface area contributed by atoms with Crippen LogP contribution in [-0.4, -0.2) is 29.2 Å². The van der Waals surface area contributed by atoms with Crippen LogP contribution in [-0.2, 0) is 22.4 Å². The highest BCUT2D eigenvalue weighted by Crippen LogP contribution is 2.38. The third kappa shape index (κ3) is 5.66. The number of carbonyl (C=O) groups excluding carboxylic acids is 2. The predicted molar refractivity (Wildman–Crippen MR) is 124 cm³/mol. The normalized spacial score (nSPS) is 13.1. The van der Waals surface area contributed by atoms with Crippen LogP contribution in [0.5, 0.6) is 0 Å². The Hall–Kier alpha value is -2.37. The number of anilines is 1. The first-order valence-electron chi connectivity index (χ1n) is 10.6. The highest BCUT2D eigenvalue weighted by Gasteiger charge is 2.26. The molecule has 0 saturated carbocycles. The summed E-state index contributed by atoms with van der Waals surface area (Å²) in [4.78, 5) is 30.9. The number of nitrogens with zero attached hydrogens (tertiary/aromatic N) is 2. The second-order valence-electron chi connectivity index (χ2n) is 7.51. The van der Waals surface area contributed by atoms with Gasteiger partial charge >= 0.3 is 5.97 Å². The van der Waals surface area contributed by atoms with Gasteiger partial charge in [-0.2, -0.15) is 5.26 Å². The standard InChI is InChI=1S/C23H27N3O3S2/c1-4-29-23(28)20-16-8-6-5-7-9-18(16)31-22(20)26-19(27)10-11-30-21-17(13-24)14(2)12-15(3)25-21/h12H,4-11H2,1-3H3,(H,26,27). The molecule has 0 radical (unpaired) electrons. The predicted octanol–water partition coefficient (Wildman–Crippen LogP) is 5.20. The molecule has 0 saturated heterocycles. The van der Waals surface area contributed by atoms with Crippen LogP contribution >= 0.6 is 23.1 Å². The van der Waals surface area contributed by atoms with Gasteiger partial charge in [-0.25, -0.2) is 9.78 Å². The number of pyridine rings is 1. The molecule has 0 unspecified atom stereocenters. The fourth-order valence-corrected chi connectivity index (χ4v) is 6.06. The Bertz CT molecular complexity index is 1020. The highest BCUT2D eigenvalue weighted by molar-refractivity contribution is 7.99. The van der Waals surface area contributed by atoms with E-state index in [0.29, 0.717) is 33.5 Å². The Kier molecular flexibility index (Phi) is 8.10. The summed E-state index contributed by atoms with van der Waals surface area (Å²) in [6.45, 7) is 5.87. The van der Waals surface area contributed by atoms with Crippen LogP contribution in [0, 0.1) is 25.2 Å². The molecule has 0 fully saturated rings. The van der Waals surface area contributed by atoms with Gasteiger partial charge in [-0.05, 0) is 63.6 Å². The SMILES string of the molecule is CCOC(=O)c1c(NC(=O)CCSc2nc(C)cc(C)c2C#N)sc2c1CCCCC2. The number of nitrogens with one attached hydrogen (secondary N) is 1. The topological polar surface area (TPSA) is 92.1 Å². The summed E-state index contributed by atoms with van der Waals surface area (Å²) in [5, 5.41) is 13.6. The maximum absolute atomic E-state index is 12.6. The molecule has 1 N–H and O–H groups in total. The number of esters is 1. The minimum absolute atomic E-state index is 0.155. The molecule has 1 aliphatic rings. The minimum Gasteiger partial charge on any atom is -0.462 e. The van der Waals surface area contributed by atoms with E-state index in [4.69, 9.17) is 4.74 Å². The number of thiophene rings is 1. The Morgan fingerprint density at radius 1 is 1.29 bits per heavy atom.